The van der Waals surface area contributed by atoms with E-state index in [0.717, 1.165) is 12.2 Å². The number of hydrogen-bond acceptors (Lipinski definition) is 7. The van der Waals surface area contributed by atoms with E-state index < -0.39 is 19.3 Å². The van der Waals surface area contributed by atoms with Crippen LogP contribution in [0.1, 0.15) is 1.43 Å². The molecule has 0 aliphatic rings. The van der Waals surface area contributed by atoms with E-state index in [1.807, 2.05) is 12.1 Å². The van der Waals surface area contributed by atoms with Crippen LogP contribution in [0.25, 0.3) is 0 Å². The summed E-state index contributed by atoms with van der Waals surface area (Å²) in [6.45, 7) is 0. The van der Waals surface area contributed by atoms with Gasteiger partial charge < -0.3 is 15.9 Å². The molecule has 2 rings (SSSR count). The first-order valence-corrected chi connectivity index (χ1v) is 7.00. The quantitative estimate of drug-likeness (QED) is 0.320. The second kappa shape index (κ2) is 14.7. The second-order valence-corrected chi connectivity index (χ2v) is 4.29. The van der Waals surface area contributed by atoms with E-state index in [9.17, 15) is 18.6 Å². The van der Waals surface area contributed by atoms with E-state index >= 15 is 0 Å². The summed E-state index contributed by atoms with van der Waals surface area (Å²) in [7, 11) is -2.40. The third kappa shape index (κ3) is 11.7. The van der Waals surface area contributed by atoms with Crippen molar-refractivity contribution in [3.05, 3.63) is 72.8 Å². The van der Waals surface area contributed by atoms with Gasteiger partial charge in [0.15, 0.2) is 0 Å². The molecule has 0 aromatic heterocycles. The smallest absolute Gasteiger partial charge is 1.00 e. The predicted octanol–water partition coefficient (Wildman–Crippen LogP) is -0.364. The van der Waals surface area contributed by atoms with Gasteiger partial charge in [0.1, 0.15) is 11.5 Å². The third-order valence-electron chi connectivity index (χ3n) is 2.43. The van der Waals surface area contributed by atoms with Crippen molar-refractivity contribution in [1.29, 1.82) is 0 Å². The van der Waals surface area contributed by atoms with Crippen molar-refractivity contribution >= 4 is 19.3 Å². The summed E-state index contributed by atoms with van der Waals surface area (Å²) in [5, 5.41) is 7.47. The van der Waals surface area contributed by atoms with Crippen LogP contribution in [0.3, 0.4) is 0 Å². The molecule has 0 saturated carbocycles. The summed E-state index contributed by atoms with van der Waals surface area (Å²) in [4.78, 5) is 27.6. The summed E-state index contributed by atoms with van der Waals surface area (Å²) < 4.78 is 30.5. The van der Waals surface area contributed by atoms with Crippen molar-refractivity contribution in [2.75, 3.05) is 0 Å². The van der Waals surface area contributed by atoms with E-state index in [-0.39, 0.29) is 20.3 Å². The molecule has 2 aromatic rings. The third-order valence-corrected chi connectivity index (χ3v) is 2.43. The maximum Gasteiger partial charge on any atom is 1.00 e. The van der Waals surface area contributed by atoms with Crippen LogP contribution in [0, 0.1) is 0 Å². The zero-order valence-corrected chi connectivity index (χ0v) is 14.2. The number of carbonyl (C=O) groups is 2. The van der Waals surface area contributed by atoms with Crippen LogP contribution in [-0.4, -0.2) is 24.3 Å². The molecule has 0 aliphatic heterocycles. The number of rotatable bonds is 6. The van der Waals surface area contributed by atoms with E-state index in [4.69, 9.17) is 14.5 Å². The predicted molar refractivity (Wildman–Crippen MR) is 86.8 cm³/mol. The molecule has 0 aliphatic carbocycles. The van der Waals surface area contributed by atoms with Gasteiger partial charge in [-0.3, -0.25) is 0 Å². The summed E-state index contributed by atoms with van der Waals surface area (Å²) in [6.07, 6.45) is 2.05. The Balaban J connectivity index is 0. The largest absolute Gasteiger partial charge is 1.00 e. The first kappa shape index (κ1) is 24.5. The topological polar surface area (TPSA) is 91.3 Å². The molecule has 2 aromatic carbocycles. The molecule has 0 radical (unpaired) electrons. The Kier molecular flexibility index (Phi) is 13.3. The van der Waals surface area contributed by atoms with Gasteiger partial charge in [-0.2, -0.15) is 9.72 Å². The molecule has 0 spiro atoms. The molecule has 0 saturated heterocycles. The van der Waals surface area contributed by atoms with Crippen LogP contribution in [0.5, 0.6) is 11.5 Å². The molecule has 1 N–H and O–H groups in total. The number of benzene rings is 2. The van der Waals surface area contributed by atoms with E-state index in [1.54, 1.807) is 48.5 Å². The minimum atomic E-state index is -2.40. The molecule has 0 unspecified atom stereocenters. The van der Waals surface area contributed by atoms with Gasteiger partial charge in [-0.25, -0.2) is 9.59 Å². The summed E-state index contributed by atoms with van der Waals surface area (Å²) in [5.41, 5.74) is 0. The average molecular weight is 374 g/mol. The summed E-state index contributed by atoms with van der Waals surface area (Å²) in [6, 6.07) is 17.2. The van der Waals surface area contributed by atoms with Crippen molar-refractivity contribution in [3.63, 3.8) is 0 Å². The molecule has 0 fully saturated rings. The summed E-state index contributed by atoms with van der Waals surface area (Å²) >= 11 is 0. The van der Waals surface area contributed by atoms with Crippen molar-refractivity contribution in [2.45, 2.75) is 0 Å². The number of halogens is 2. The van der Waals surface area contributed by atoms with Crippen LogP contribution in [-0.2, 0) is 19.3 Å². The fraction of sp³-hybridized carbons (Fsp3) is 0. The fourth-order valence-electron chi connectivity index (χ4n) is 1.43. The Hall–Kier alpha value is -2.48. The zero-order chi connectivity index (χ0) is 19.2. The first-order valence-electron chi connectivity index (χ1n) is 7.00. The van der Waals surface area contributed by atoms with Crippen LogP contribution in [0.4, 0.5) is 9.05 Å². The maximum absolute atomic E-state index is 11.5. The van der Waals surface area contributed by atoms with Crippen LogP contribution >= 0.6 is 0 Å². The zero-order valence-electron chi connectivity index (χ0n) is 15.2. The molecule has 27 heavy (non-hydrogen) atoms. The van der Waals surface area contributed by atoms with Gasteiger partial charge in [0.2, 0.25) is 0 Å². The van der Waals surface area contributed by atoms with Crippen molar-refractivity contribution < 1.29 is 63.1 Å². The second-order valence-electron chi connectivity index (χ2n) is 4.29. The first-order chi connectivity index (χ1) is 12.5. The van der Waals surface area contributed by atoms with Crippen molar-refractivity contribution in [1.82, 2.24) is 0 Å². The van der Waals surface area contributed by atoms with Crippen molar-refractivity contribution in [2.24, 2.45) is 0 Å². The Labute approximate surface area is 167 Å². The van der Waals surface area contributed by atoms with Gasteiger partial charge in [0.05, 0.1) is 0 Å². The molecular weight excluding hydrogens is 360 g/mol. The van der Waals surface area contributed by atoms with Gasteiger partial charge in [0.25, 0.3) is 0 Å². The number of hydrogen-bond donors (Lipinski definition) is 1. The van der Waals surface area contributed by atoms with Gasteiger partial charge in [-0.15, -0.1) is 0 Å². The average Bonchev–Trinajstić information content (AvgIpc) is 2.68. The number of ether oxygens (including phenoxy) is 2. The maximum atomic E-state index is 11.5. The Morgan fingerprint density at radius 3 is 1.41 bits per heavy atom. The molecule has 0 atom stereocenters. The van der Waals surface area contributed by atoms with Gasteiger partial charge >= 0.3 is 38.1 Å². The van der Waals surface area contributed by atoms with E-state index in [2.05, 4.69) is 9.72 Å². The van der Waals surface area contributed by atoms with Crippen LogP contribution in [0.2, 0.25) is 0 Å². The minimum absolute atomic E-state index is 0. The van der Waals surface area contributed by atoms with Crippen molar-refractivity contribution in [3.8, 4) is 11.5 Å². The van der Waals surface area contributed by atoms with E-state index in [1.165, 1.54) is 0 Å². The van der Waals surface area contributed by atoms with Gasteiger partial charge in [0, 0.05) is 12.2 Å². The minimum Gasteiger partial charge on any atom is -1.00 e. The Morgan fingerprint density at radius 1 is 0.815 bits per heavy atom. The number of para-hydroxylation sites is 2. The Bertz CT molecular complexity index is 651. The van der Waals surface area contributed by atoms with Gasteiger partial charge in [-0.1, -0.05) is 45.5 Å². The molecule has 138 valence electrons. The molecule has 11 heteroatoms. The van der Waals surface area contributed by atoms with E-state index in [0.29, 0.717) is 11.5 Å². The molecule has 7 nitrogen and oxygen atoms in total. The number of esters is 2. The normalized spacial score (nSPS) is 9.44. The molecule has 0 amide bonds. The molecule has 0 bridgehead atoms. The SMILES string of the molecule is O=C(/C=C\C(=O)Oc1ccccc1)Oc1ccccc1.OB(OF)OF.[H-].[Li+]. The van der Waals surface area contributed by atoms with Crippen LogP contribution < -0.4 is 28.3 Å². The summed E-state index contributed by atoms with van der Waals surface area (Å²) in [5.74, 6) is -0.445. The standard InChI is InChI=1S/C16H12O4.BF2HO3.Li.H/c17-15(19-13-7-3-1-4-8-13)11-12-16(18)20-14-9-5-2-6-10-14;2-5-1(4)6-3;;/h1-12H;4H;;/q;;+1;-1/b12-11-;;;. The Morgan fingerprint density at radius 2 is 1.15 bits per heavy atom. The molecular formula is C16H14BF2LiO7. The monoisotopic (exact) mass is 374 g/mol. The van der Waals surface area contributed by atoms with Crippen LogP contribution in [0.15, 0.2) is 72.8 Å². The number of carbonyl (C=O) groups excluding carboxylic acids is 2. The molecule has 0 heterocycles. The fourth-order valence-corrected chi connectivity index (χ4v) is 1.43. The van der Waals surface area contributed by atoms with Gasteiger partial charge in [-0.05, 0) is 24.3 Å².